The first kappa shape index (κ1) is 9.45. The summed E-state index contributed by atoms with van der Waals surface area (Å²) < 4.78 is 0. The molecule has 2 aliphatic heterocycles. The Morgan fingerprint density at radius 3 is 3.06 bits per heavy atom. The molecule has 88 valence electrons. The van der Waals surface area contributed by atoms with Crippen molar-refractivity contribution in [2.75, 3.05) is 6.54 Å². The number of nitrogens with zero attached hydrogens (tertiary/aromatic N) is 3. The normalized spacial score (nSPS) is 26.9. The van der Waals surface area contributed by atoms with Crippen LogP contribution in [0.4, 0.5) is 0 Å². The predicted octanol–water partition coefficient (Wildman–Crippen LogP) is 1.77. The highest BCUT2D eigenvalue weighted by Crippen LogP contribution is 2.35. The molecule has 1 N–H and O–H groups in total. The second-order valence-corrected chi connectivity index (χ2v) is 5.19. The van der Waals surface area contributed by atoms with Gasteiger partial charge in [0.15, 0.2) is 0 Å². The average Bonchev–Trinajstić information content (AvgIpc) is 2.58. The van der Waals surface area contributed by atoms with E-state index >= 15 is 0 Å². The fourth-order valence-electron chi connectivity index (χ4n) is 3.00. The largest absolute Gasteiger partial charge is 0.290 e. The first-order valence-electron chi connectivity index (χ1n) is 6.47. The molecule has 0 unspecified atom stereocenters. The Bertz CT molecular complexity index is 480. The van der Waals surface area contributed by atoms with E-state index in [-0.39, 0.29) is 0 Å². The molecule has 1 fully saturated rings. The molecule has 0 aromatic carbocycles. The summed E-state index contributed by atoms with van der Waals surface area (Å²) in [6.07, 6.45) is 10.2. The Hall–Kier alpha value is -1.58. The van der Waals surface area contributed by atoms with Gasteiger partial charge in [0.25, 0.3) is 0 Å². The number of hydrogen-bond acceptors (Lipinski definition) is 4. The Kier molecular flexibility index (Phi) is 1.92. The first-order valence-corrected chi connectivity index (χ1v) is 6.47. The van der Waals surface area contributed by atoms with Crippen LogP contribution in [-0.2, 0) is 0 Å². The minimum absolute atomic E-state index is 0.675. The maximum absolute atomic E-state index is 4.65. The molecular formula is C13H16N4. The van der Waals surface area contributed by atoms with Crippen LogP contribution in [0.5, 0.6) is 0 Å². The lowest BCUT2D eigenvalue weighted by Gasteiger charge is -2.35. The van der Waals surface area contributed by atoms with Crippen molar-refractivity contribution in [3.05, 3.63) is 22.9 Å². The molecule has 0 radical (unpaired) electrons. The van der Waals surface area contributed by atoms with Crippen molar-refractivity contribution in [2.45, 2.75) is 38.1 Å². The zero-order chi connectivity index (χ0) is 11.2. The monoisotopic (exact) mass is 228 g/mol. The van der Waals surface area contributed by atoms with Crippen molar-refractivity contribution >= 4 is 11.9 Å². The van der Waals surface area contributed by atoms with Crippen molar-refractivity contribution in [1.82, 2.24) is 10.4 Å². The van der Waals surface area contributed by atoms with Crippen LogP contribution >= 0.6 is 0 Å². The smallest absolute Gasteiger partial charge is 0.0689 e. The van der Waals surface area contributed by atoms with E-state index in [1.54, 1.807) is 0 Å². The Morgan fingerprint density at radius 2 is 2.24 bits per heavy atom. The van der Waals surface area contributed by atoms with E-state index in [0.29, 0.717) is 6.04 Å². The second-order valence-electron chi connectivity index (χ2n) is 5.19. The molecule has 2 aliphatic carbocycles. The topological polar surface area (TPSA) is 40.0 Å². The van der Waals surface area contributed by atoms with Gasteiger partial charge in [0.05, 0.1) is 18.5 Å². The number of rotatable bonds is 1. The van der Waals surface area contributed by atoms with Crippen molar-refractivity contribution < 1.29 is 0 Å². The molecule has 4 nitrogen and oxygen atoms in total. The Balaban J connectivity index is 1.72. The van der Waals surface area contributed by atoms with Gasteiger partial charge in [0, 0.05) is 23.4 Å². The van der Waals surface area contributed by atoms with Gasteiger partial charge in [-0.2, -0.15) is 10.2 Å². The molecule has 17 heavy (non-hydrogen) atoms. The molecule has 0 aromatic heterocycles. The fraction of sp³-hybridized carbons (Fsp3) is 0.538. The Morgan fingerprint density at radius 1 is 1.29 bits per heavy atom. The van der Waals surface area contributed by atoms with Crippen molar-refractivity contribution in [3.8, 4) is 0 Å². The third-order valence-electron chi connectivity index (χ3n) is 4.21. The number of allylic oxidation sites excluding steroid dienone is 2. The summed E-state index contributed by atoms with van der Waals surface area (Å²) in [7, 11) is 0. The summed E-state index contributed by atoms with van der Waals surface area (Å²) in [6, 6.07) is 0.675. The number of nitrogens with one attached hydrogen (secondary N) is 1. The highest BCUT2D eigenvalue weighted by atomic mass is 15.5. The van der Waals surface area contributed by atoms with Gasteiger partial charge in [-0.15, -0.1) is 0 Å². The third-order valence-corrected chi connectivity index (χ3v) is 4.21. The molecular weight excluding hydrogens is 212 g/mol. The first-order chi connectivity index (χ1) is 8.42. The molecule has 1 saturated carbocycles. The summed E-state index contributed by atoms with van der Waals surface area (Å²) in [4.78, 5) is 0. The summed E-state index contributed by atoms with van der Waals surface area (Å²) in [5, 5.41) is 11.3. The van der Waals surface area contributed by atoms with Gasteiger partial charge in [-0.1, -0.05) is 0 Å². The summed E-state index contributed by atoms with van der Waals surface area (Å²) in [6.45, 7) is 1.01. The summed E-state index contributed by atoms with van der Waals surface area (Å²) in [5.41, 5.74) is 8.33. The van der Waals surface area contributed by atoms with Crippen molar-refractivity contribution in [1.29, 1.82) is 0 Å². The highest BCUT2D eigenvalue weighted by Gasteiger charge is 2.32. The van der Waals surface area contributed by atoms with Crippen LogP contribution in [0.15, 0.2) is 33.1 Å². The van der Waals surface area contributed by atoms with Gasteiger partial charge in [-0.05, 0) is 37.7 Å². The highest BCUT2D eigenvalue weighted by molar-refractivity contribution is 6.13. The van der Waals surface area contributed by atoms with Crippen LogP contribution in [0, 0.1) is 0 Å². The molecule has 0 aromatic rings. The minimum Gasteiger partial charge on any atom is -0.290 e. The average molecular weight is 228 g/mol. The molecule has 4 rings (SSSR count). The van der Waals surface area contributed by atoms with E-state index in [9.17, 15) is 0 Å². The predicted molar refractivity (Wildman–Crippen MR) is 67.8 cm³/mol. The third kappa shape index (κ3) is 1.36. The lowest BCUT2D eigenvalue weighted by molar-refractivity contribution is 0.145. The zero-order valence-electron chi connectivity index (χ0n) is 9.82. The maximum Gasteiger partial charge on any atom is 0.0689 e. The molecule has 4 heteroatoms. The molecule has 0 bridgehead atoms. The summed E-state index contributed by atoms with van der Waals surface area (Å²) in [5.74, 6) is 0. The van der Waals surface area contributed by atoms with Gasteiger partial charge in [0.1, 0.15) is 0 Å². The van der Waals surface area contributed by atoms with Crippen LogP contribution in [-0.4, -0.2) is 29.5 Å². The van der Waals surface area contributed by atoms with Gasteiger partial charge < -0.3 is 0 Å². The zero-order valence-corrected chi connectivity index (χ0v) is 9.82. The quantitative estimate of drug-likeness (QED) is 0.743. The van der Waals surface area contributed by atoms with Crippen LogP contribution in [0.2, 0.25) is 0 Å². The fourth-order valence-corrected chi connectivity index (χ4v) is 3.00. The van der Waals surface area contributed by atoms with Crippen molar-refractivity contribution in [2.24, 2.45) is 10.2 Å². The van der Waals surface area contributed by atoms with E-state index in [1.807, 2.05) is 12.4 Å². The van der Waals surface area contributed by atoms with Crippen LogP contribution in [0.3, 0.4) is 0 Å². The minimum atomic E-state index is 0.675. The molecule has 0 amide bonds. The molecule has 2 heterocycles. The van der Waals surface area contributed by atoms with E-state index in [1.165, 1.54) is 41.7 Å². The van der Waals surface area contributed by atoms with E-state index in [4.69, 9.17) is 0 Å². The Labute approximate surface area is 101 Å². The second kappa shape index (κ2) is 3.45. The summed E-state index contributed by atoms with van der Waals surface area (Å²) >= 11 is 0. The lowest BCUT2D eigenvalue weighted by Crippen LogP contribution is -2.37. The van der Waals surface area contributed by atoms with E-state index in [0.717, 1.165) is 19.4 Å². The van der Waals surface area contributed by atoms with Gasteiger partial charge in [0.2, 0.25) is 0 Å². The lowest BCUT2D eigenvalue weighted by atomic mass is 9.92. The van der Waals surface area contributed by atoms with Crippen molar-refractivity contribution in [3.63, 3.8) is 0 Å². The standard InChI is InChI=1S/C13H16N4/c1-2-11(3-1)17-8-9-4-5-12-13(9)10(7-15-17)6-14-16-12/h6-7,11,14H,1-5,8H2. The molecule has 0 saturated heterocycles. The van der Waals surface area contributed by atoms with Gasteiger partial charge in [-0.25, -0.2) is 0 Å². The molecule has 0 atom stereocenters. The maximum atomic E-state index is 4.65. The van der Waals surface area contributed by atoms with Gasteiger partial charge in [-0.3, -0.25) is 10.4 Å². The van der Waals surface area contributed by atoms with E-state index < -0.39 is 0 Å². The van der Waals surface area contributed by atoms with Crippen LogP contribution in [0.25, 0.3) is 0 Å². The number of hydrogen-bond donors (Lipinski definition) is 1. The van der Waals surface area contributed by atoms with Crippen LogP contribution < -0.4 is 5.43 Å². The number of hydrazone groups is 2. The van der Waals surface area contributed by atoms with Gasteiger partial charge >= 0.3 is 0 Å². The van der Waals surface area contributed by atoms with E-state index in [2.05, 4.69) is 20.6 Å². The van der Waals surface area contributed by atoms with Crippen LogP contribution in [0.1, 0.15) is 32.1 Å². The molecule has 4 aliphatic rings. The SMILES string of the molecule is C1=NN(C2CCC2)CC2=C3C1=CNN=C3CC2. The molecule has 0 spiro atoms.